The van der Waals surface area contributed by atoms with Crippen molar-refractivity contribution < 1.29 is 9.26 Å². The number of aromatic nitrogens is 6. The summed E-state index contributed by atoms with van der Waals surface area (Å²) in [5.41, 5.74) is 4.15. The average molecular weight is 336 g/mol. The topological polar surface area (TPSA) is 91.2 Å². The maximum atomic E-state index is 5.37. The van der Waals surface area contributed by atoms with Crippen molar-refractivity contribution in [1.82, 2.24) is 29.7 Å². The van der Waals surface area contributed by atoms with Crippen molar-refractivity contribution in [2.75, 3.05) is 7.11 Å². The molecule has 126 valence electrons. The van der Waals surface area contributed by atoms with Gasteiger partial charge in [0.05, 0.1) is 31.0 Å². The van der Waals surface area contributed by atoms with E-state index in [9.17, 15) is 0 Å². The average Bonchev–Trinajstić information content (AvgIpc) is 3.21. The monoisotopic (exact) mass is 336 g/mol. The molecule has 0 amide bonds. The maximum absolute atomic E-state index is 5.37. The van der Waals surface area contributed by atoms with E-state index in [1.807, 2.05) is 32.0 Å². The zero-order valence-electron chi connectivity index (χ0n) is 14.1. The van der Waals surface area contributed by atoms with Crippen molar-refractivity contribution in [3.8, 4) is 17.3 Å². The second-order valence-corrected chi connectivity index (χ2v) is 5.69. The molecular weight excluding hydrogens is 320 g/mol. The number of hydrogen-bond acceptors (Lipinski definition) is 7. The SMILES string of the molecule is COc1cccc(Cc2nc(-c3cnn4c(C)cc(C)nc34)no2)n1. The van der Waals surface area contributed by atoms with Crippen LogP contribution in [0, 0.1) is 13.8 Å². The molecule has 0 N–H and O–H groups in total. The minimum Gasteiger partial charge on any atom is -0.481 e. The molecule has 4 aromatic rings. The molecular formula is C17H16N6O2. The summed E-state index contributed by atoms with van der Waals surface area (Å²) < 4.78 is 12.3. The van der Waals surface area contributed by atoms with Gasteiger partial charge in [0, 0.05) is 17.5 Å². The van der Waals surface area contributed by atoms with Gasteiger partial charge in [-0.2, -0.15) is 10.1 Å². The first kappa shape index (κ1) is 15.3. The molecule has 4 rings (SSSR count). The number of fused-ring (bicyclic) bond motifs is 1. The Balaban J connectivity index is 1.67. The quantitative estimate of drug-likeness (QED) is 0.565. The van der Waals surface area contributed by atoms with Gasteiger partial charge in [-0.05, 0) is 26.0 Å². The van der Waals surface area contributed by atoms with Gasteiger partial charge in [0.25, 0.3) is 0 Å². The zero-order chi connectivity index (χ0) is 17.4. The van der Waals surface area contributed by atoms with E-state index in [-0.39, 0.29) is 0 Å². The van der Waals surface area contributed by atoms with Crippen molar-refractivity contribution >= 4 is 5.65 Å². The van der Waals surface area contributed by atoms with E-state index >= 15 is 0 Å². The molecule has 0 spiro atoms. The third-order valence-electron chi connectivity index (χ3n) is 3.81. The molecule has 8 heteroatoms. The van der Waals surface area contributed by atoms with E-state index in [0.29, 0.717) is 29.7 Å². The summed E-state index contributed by atoms with van der Waals surface area (Å²) in [7, 11) is 1.58. The highest BCUT2D eigenvalue weighted by Crippen LogP contribution is 2.22. The van der Waals surface area contributed by atoms with E-state index in [1.54, 1.807) is 23.9 Å². The van der Waals surface area contributed by atoms with Gasteiger partial charge in [0.2, 0.25) is 17.6 Å². The zero-order valence-corrected chi connectivity index (χ0v) is 14.1. The molecule has 0 bridgehead atoms. The molecule has 0 fully saturated rings. The Morgan fingerprint density at radius 1 is 1.16 bits per heavy atom. The number of ether oxygens (including phenoxy) is 1. The fraction of sp³-hybridized carbons (Fsp3) is 0.235. The summed E-state index contributed by atoms with van der Waals surface area (Å²) >= 11 is 0. The van der Waals surface area contributed by atoms with E-state index in [2.05, 4.69) is 25.2 Å². The molecule has 25 heavy (non-hydrogen) atoms. The summed E-state index contributed by atoms with van der Waals surface area (Å²) in [6.07, 6.45) is 2.13. The van der Waals surface area contributed by atoms with Gasteiger partial charge in [-0.15, -0.1) is 0 Å². The number of pyridine rings is 1. The van der Waals surface area contributed by atoms with Crippen LogP contribution in [-0.2, 0) is 6.42 Å². The number of methoxy groups -OCH3 is 1. The van der Waals surface area contributed by atoms with E-state index in [4.69, 9.17) is 9.26 Å². The Labute approximate surface area is 143 Å². The molecule has 0 saturated carbocycles. The third kappa shape index (κ3) is 2.82. The van der Waals surface area contributed by atoms with Crippen LogP contribution in [0.5, 0.6) is 5.88 Å². The first-order valence-corrected chi connectivity index (χ1v) is 7.79. The fourth-order valence-corrected chi connectivity index (χ4v) is 2.69. The van der Waals surface area contributed by atoms with Crippen LogP contribution in [0.1, 0.15) is 23.0 Å². The number of rotatable bonds is 4. The van der Waals surface area contributed by atoms with Crippen LogP contribution >= 0.6 is 0 Å². The molecule has 0 aliphatic carbocycles. The standard InChI is InChI=1S/C17H16N6O2/c1-10-7-11(2)23-17(19-10)13(9-18-23)16-21-15(25-22-16)8-12-5-4-6-14(20-12)24-3/h4-7,9H,8H2,1-3H3. The summed E-state index contributed by atoms with van der Waals surface area (Å²) in [6.45, 7) is 3.93. The van der Waals surface area contributed by atoms with Crippen molar-refractivity contribution in [3.63, 3.8) is 0 Å². The van der Waals surface area contributed by atoms with Gasteiger partial charge in [-0.3, -0.25) is 0 Å². The number of aryl methyl sites for hydroxylation is 2. The number of hydrogen-bond donors (Lipinski definition) is 0. The highest BCUT2D eigenvalue weighted by atomic mass is 16.5. The van der Waals surface area contributed by atoms with Crippen LogP contribution in [0.4, 0.5) is 0 Å². The Bertz CT molecular complexity index is 1050. The lowest BCUT2D eigenvalue weighted by atomic mass is 10.2. The second kappa shape index (κ2) is 5.97. The molecule has 0 saturated heterocycles. The van der Waals surface area contributed by atoms with Crippen LogP contribution in [0.2, 0.25) is 0 Å². The summed E-state index contributed by atoms with van der Waals surface area (Å²) in [6, 6.07) is 7.52. The van der Waals surface area contributed by atoms with Crippen LogP contribution in [0.25, 0.3) is 17.0 Å². The van der Waals surface area contributed by atoms with Gasteiger partial charge in [0.15, 0.2) is 5.65 Å². The first-order valence-electron chi connectivity index (χ1n) is 7.79. The molecule has 0 aliphatic rings. The molecule has 4 aromatic heterocycles. The van der Waals surface area contributed by atoms with Crippen LogP contribution in [-0.4, -0.2) is 36.8 Å². The smallest absolute Gasteiger partial charge is 0.232 e. The summed E-state index contributed by atoms with van der Waals surface area (Å²) in [5.74, 6) is 1.49. The predicted octanol–water partition coefficient (Wildman–Crippen LogP) is 2.39. The number of nitrogens with zero attached hydrogens (tertiary/aromatic N) is 6. The highest BCUT2D eigenvalue weighted by Gasteiger charge is 2.16. The summed E-state index contributed by atoms with van der Waals surface area (Å²) in [4.78, 5) is 13.4. The molecule has 0 unspecified atom stereocenters. The van der Waals surface area contributed by atoms with E-state index < -0.39 is 0 Å². The minimum atomic E-state index is 0.425. The Kier molecular flexibility index (Phi) is 3.64. The van der Waals surface area contributed by atoms with E-state index in [0.717, 1.165) is 22.6 Å². The molecule has 0 radical (unpaired) electrons. The van der Waals surface area contributed by atoms with Crippen LogP contribution < -0.4 is 4.74 Å². The first-order chi connectivity index (χ1) is 12.1. The molecule has 0 atom stereocenters. The second-order valence-electron chi connectivity index (χ2n) is 5.69. The van der Waals surface area contributed by atoms with Gasteiger partial charge >= 0.3 is 0 Å². The fourth-order valence-electron chi connectivity index (χ4n) is 2.69. The van der Waals surface area contributed by atoms with Crippen molar-refractivity contribution in [2.24, 2.45) is 0 Å². The van der Waals surface area contributed by atoms with Gasteiger partial charge in [0.1, 0.15) is 0 Å². The van der Waals surface area contributed by atoms with Gasteiger partial charge < -0.3 is 9.26 Å². The van der Waals surface area contributed by atoms with Gasteiger partial charge in [-0.1, -0.05) is 11.2 Å². The highest BCUT2D eigenvalue weighted by molar-refractivity contribution is 5.72. The normalized spacial score (nSPS) is 11.2. The van der Waals surface area contributed by atoms with E-state index in [1.165, 1.54) is 0 Å². The lowest BCUT2D eigenvalue weighted by molar-refractivity contribution is 0.381. The Morgan fingerprint density at radius 2 is 2.04 bits per heavy atom. The van der Waals surface area contributed by atoms with Gasteiger partial charge in [-0.25, -0.2) is 14.5 Å². The lowest BCUT2D eigenvalue weighted by Gasteiger charge is -2.00. The summed E-state index contributed by atoms with van der Waals surface area (Å²) in [5, 5.41) is 8.42. The molecule has 8 nitrogen and oxygen atoms in total. The molecule has 4 heterocycles. The molecule has 0 aliphatic heterocycles. The Hall–Kier alpha value is -3.29. The van der Waals surface area contributed by atoms with Crippen LogP contribution in [0.3, 0.4) is 0 Å². The van der Waals surface area contributed by atoms with Crippen LogP contribution in [0.15, 0.2) is 35.0 Å². The minimum absolute atomic E-state index is 0.425. The largest absolute Gasteiger partial charge is 0.481 e. The Morgan fingerprint density at radius 3 is 2.88 bits per heavy atom. The lowest BCUT2D eigenvalue weighted by Crippen LogP contribution is -1.97. The predicted molar refractivity (Wildman–Crippen MR) is 89.3 cm³/mol. The van der Waals surface area contributed by atoms with Crippen molar-refractivity contribution in [1.29, 1.82) is 0 Å². The third-order valence-corrected chi connectivity index (χ3v) is 3.81. The molecule has 0 aromatic carbocycles. The van der Waals surface area contributed by atoms with Crippen molar-refractivity contribution in [3.05, 3.63) is 53.4 Å². The van der Waals surface area contributed by atoms with Crippen molar-refractivity contribution in [2.45, 2.75) is 20.3 Å². The maximum Gasteiger partial charge on any atom is 0.232 e.